The maximum atomic E-state index is 11.7. The highest BCUT2D eigenvalue weighted by atomic mass is 16.4. The first-order valence-electron chi connectivity index (χ1n) is 6.15. The Morgan fingerprint density at radius 3 is 2.33 bits per heavy atom. The van der Waals surface area contributed by atoms with E-state index in [4.69, 9.17) is 0 Å². The number of carbonyl (C=O) groups excluding carboxylic acids is 3. The van der Waals surface area contributed by atoms with Crippen LogP contribution in [-0.2, 0) is 9.59 Å². The summed E-state index contributed by atoms with van der Waals surface area (Å²) in [4.78, 5) is 36.1. The molecule has 0 aliphatic carbocycles. The van der Waals surface area contributed by atoms with Crippen LogP contribution in [0.2, 0.25) is 0 Å². The minimum absolute atomic E-state index is 0.228. The molecule has 0 unspecified atom stereocenters. The van der Waals surface area contributed by atoms with Crippen LogP contribution in [0.25, 0.3) is 0 Å². The van der Waals surface area contributed by atoms with Crippen LogP contribution >= 0.6 is 0 Å². The van der Waals surface area contributed by atoms with Crippen LogP contribution < -0.4 is 15.3 Å². The molecule has 102 valence electrons. The summed E-state index contributed by atoms with van der Waals surface area (Å²) in [5.74, 6) is -1.87. The molecule has 7 nitrogen and oxygen atoms in total. The van der Waals surface area contributed by atoms with E-state index in [2.05, 4.69) is 12.2 Å². The summed E-state index contributed by atoms with van der Waals surface area (Å²) in [5.41, 5.74) is 0. The molecular formula is C11H19N3O4. The van der Waals surface area contributed by atoms with Gasteiger partial charge in [0.05, 0.1) is 32.7 Å². The van der Waals surface area contributed by atoms with Crippen molar-refractivity contribution < 1.29 is 24.4 Å². The highest BCUT2D eigenvalue weighted by molar-refractivity contribution is 5.95. The Morgan fingerprint density at radius 1 is 1.22 bits per heavy atom. The molecule has 0 radical (unpaired) electrons. The maximum absolute atomic E-state index is 11.7. The van der Waals surface area contributed by atoms with Gasteiger partial charge in [0.15, 0.2) is 0 Å². The van der Waals surface area contributed by atoms with E-state index in [9.17, 15) is 19.5 Å². The van der Waals surface area contributed by atoms with E-state index >= 15 is 0 Å². The summed E-state index contributed by atoms with van der Waals surface area (Å²) in [6, 6.07) is -0.437. The molecule has 1 aliphatic rings. The van der Waals surface area contributed by atoms with Crippen LogP contribution in [0.5, 0.6) is 0 Å². The summed E-state index contributed by atoms with van der Waals surface area (Å²) >= 11 is 0. The number of piperazine rings is 1. The van der Waals surface area contributed by atoms with Gasteiger partial charge in [-0.15, -0.1) is 0 Å². The lowest BCUT2D eigenvalue weighted by Gasteiger charge is -2.31. The minimum Gasteiger partial charge on any atom is -0.550 e. The van der Waals surface area contributed by atoms with Crippen LogP contribution in [-0.4, -0.2) is 55.5 Å². The molecule has 1 aliphatic heterocycles. The highest BCUT2D eigenvalue weighted by Gasteiger charge is 2.23. The zero-order valence-corrected chi connectivity index (χ0v) is 10.5. The third kappa shape index (κ3) is 4.70. The van der Waals surface area contributed by atoms with Gasteiger partial charge in [0, 0.05) is 12.4 Å². The number of rotatable bonds is 4. The van der Waals surface area contributed by atoms with Crippen molar-refractivity contribution in [3.05, 3.63) is 0 Å². The van der Waals surface area contributed by atoms with Crippen LogP contribution in [0.4, 0.5) is 4.79 Å². The van der Waals surface area contributed by atoms with Crippen LogP contribution in [0.1, 0.15) is 19.8 Å². The predicted molar refractivity (Wildman–Crippen MR) is 60.6 cm³/mol. The molecule has 1 heterocycles. The van der Waals surface area contributed by atoms with Crippen molar-refractivity contribution in [1.29, 1.82) is 0 Å². The summed E-state index contributed by atoms with van der Waals surface area (Å²) in [5, 5.41) is 12.4. The molecule has 0 aromatic rings. The fourth-order valence-electron chi connectivity index (χ4n) is 1.86. The third-order valence-corrected chi connectivity index (χ3v) is 3.06. The SMILES string of the molecule is CC[NH+]1CCN(C(=O)NC(=O)CCC(=O)[O-])CC1. The number of hydrogen-bond donors (Lipinski definition) is 2. The van der Waals surface area contributed by atoms with Gasteiger partial charge in [-0.3, -0.25) is 10.1 Å². The molecule has 7 heteroatoms. The minimum atomic E-state index is -1.29. The number of likely N-dealkylation sites (N-methyl/N-ethyl adjacent to an activating group) is 1. The van der Waals surface area contributed by atoms with Crippen LogP contribution in [0.15, 0.2) is 0 Å². The Balaban J connectivity index is 2.28. The largest absolute Gasteiger partial charge is 0.550 e. The average molecular weight is 257 g/mol. The number of imide groups is 1. The van der Waals surface area contributed by atoms with Crippen molar-refractivity contribution >= 4 is 17.9 Å². The lowest BCUT2D eigenvalue weighted by molar-refractivity contribution is -0.902. The molecule has 0 aromatic carbocycles. The van der Waals surface area contributed by atoms with E-state index in [1.54, 1.807) is 4.90 Å². The molecule has 1 fully saturated rings. The number of nitrogens with one attached hydrogen (secondary N) is 2. The van der Waals surface area contributed by atoms with Crippen molar-refractivity contribution in [3.63, 3.8) is 0 Å². The number of carbonyl (C=O) groups is 3. The van der Waals surface area contributed by atoms with Crippen LogP contribution in [0, 0.1) is 0 Å². The summed E-state index contributed by atoms with van der Waals surface area (Å²) in [6.07, 6.45) is -0.596. The second-order valence-corrected chi connectivity index (χ2v) is 4.32. The second-order valence-electron chi connectivity index (χ2n) is 4.32. The molecule has 0 aromatic heterocycles. The van der Waals surface area contributed by atoms with Gasteiger partial charge < -0.3 is 19.7 Å². The summed E-state index contributed by atoms with van der Waals surface area (Å²) in [6.45, 7) is 6.09. The van der Waals surface area contributed by atoms with Gasteiger partial charge in [-0.2, -0.15) is 0 Å². The molecule has 0 spiro atoms. The van der Waals surface area contributed by atoms with Gasteiger partial charge in [0.1, 0.15) is 0 Å². The zero-order valence-electron chi connectivity index (χ0n) is 10.5. The number of amides is 3. The smallest absolute Gasteiger partial charge is 0.324 e. The van der Waals surface area contributed by atoms with E-state index in [0.29, 0.717) is 13.1 Å². The monoisotopic (exact) mass is 257 g/mol. The number of hydrogen-bond acceptors (Lipinski definition) is 4. The zero-order chi connectivity index (χ0) is 13.5. The lowest BCUT2D eigenvalue weighted by Crippen LogP contribution is -3.14. The highest BCUT2D eigenvalue weighted by Crippen LogP contribution is 1.93. The summed E-state index contributed by atoms with van der Waals surface area (Å²) in [7, 11) is 0. The van der Waals surface area contributed by atoms with Crippen molar-refractivity contribution in [2.24, 2.45) is 0 Å². The van der Waals surface area contributed by atoms with Crippen molar-refractivity contribution in [3.8, 4) is 0 Å². The lowest BCUT2D eigenvalue weighted by atomic mass is 10.3. The normalized spacial score (nSPS) is 16.4. The number of nitrogens with zero attached hydrogens (tertiary/aromatic N) is 1. The molecular weight excluding hydrogens is 238 g/mol. The topological polar surface area (TPSA) is 94.0 Å². The van der Waals surface area contributed by atoms with Crippen molar-refractivity contribution in [2.45, 2.75) is 19.8 Å². The van der Waals surface area contributed by atoms with Gasteiger partial charge in [0.25, 0.3) is 0 Å². The van der Waals surface area contributed by atoms with Gasteiger partial charge >= 0.3 is 6.03 Å². The Labute approximate surface area is 106 Å². The number of aliphatic carboxylic acids is 1. The quantitative estimate of drug-likeness (QED) is 0.560. The Morgan fingerprint density at radius 2 is 1.83 bits per heavy atom. The standard InChI is InChI=1S/C11H19N3O4/c1-2-13-5-7-14(8-6-13)11(18)12-9(15)3-4-10(16)17/h2-8H2,1H3,(H,16,17)(H,12,15,18). The third-order valence-electron chi connectivity index (χ3n) is 3.06. The first-order valence-corrected chi connectivity index (χ1v) is 6.15. The molecule has 2 N–H and O–H groups in total. The molecule has 3 amide bonds. The molecule has 0 saturated carbocycles. The first-order chi connectivity index (χ1) is 8.52. The number of urea groups is 1. The molecule has 1 saturated heterocycles. The van der Waals surface area contributed by atoms with E-state index in [0.717, 1.165) is 19.6 Å². The van der Waals surface area contributed by atoms with E-state index in [-0.39, 0.29) is 12.8 Å². The van der Waals surface area contributed by atoms with Gasteiger partial charge in [-0.25, -0.2) is 4.79 Å². The van der Waals surface area contributed by atoms with Gasteiger partial charge in [-0.05, 0) is 13.3 Å². The van der Waals surface area contributed by atoms with E-state index < -0.39 is 17.9 Å². The first kappa shape index (κ1) is 14.4. The van der Waals surface area contributed by atoms with Crippen LogP contribution in [0.3, 0.4) is 0 Å². The van der Waals surface area contributed by atoms with Gasteiger partial charge in [-0.1, -0.05) is 0 Å². The fourth-order valence-corrected chi connectivity index (χ4v) is 1.86. The molecule has 0 bridgehead atoms. The average Bonchev–Trinajstić information content (AvgIpc) is 2.36. The Kier molecular flexibility index (Phi) is 5.57. The Hall–Kier alpha value is -1.63. The van der Waals surface area contributed by atoms with E-state index in [1.165, 1.54) is 4.90 Å². The molecule has 0 atom stereocenters. The number of carboxylic acids is 1. The number of quaternary nitrogens is 1. The fraction of sp³-hybridized carbons (Fsp3) is 0.727. The predicted octanol–water partition coefficient (Wildman–Crippen LogP) is -3.03. The van der Waals surface area contributed by atoms with Crippen molar-refractivity contribution in [2.75, 3.05) is 32.7 Å². The maximum Gasteiger partial charge on any atom is 0.324 e. The Bertz CT molecular complexity index is 324. The second kappa shape index (κ2) is 6.95. The summed E-state index contributed by atoms with van der Waals surface area (Å²) < 4.78 is 0. The van der Waals surface area contributed by atoms with E-state index in [1.807, 2.05) is 0 Å². The number of carboxylic acid groups (broad SMARTS) is 1. The molecule has 1 rings (SSSR count). The van der Waals surface area contributed by atoms with Gasteiger partial charge in [0.2, 0.25) is 5.91 Å². The molecule has 18 heavy (non-hydrogen) atoms. The van der Waals surface area contributed by atoms with Crippen molar-refractivity contribution in [1.82, 2.24) is 10.2 Å².